The summed E-state index contributed by atoms with van der Waals surface area (Å²) in [7, 11) is 1.40. The number of aromatic nitrogens is 1. The molecule has 17 heavy (non-hydrogen) atoms. The molecule has 0 bridgehead atoms. The van der Waals surface area contributed by atoms with Gasteiger partial charge in [0.25, 0.3) is 0 Å². The molecule has 86 valence electrons. The number of nitriles is 1. The van der Waals surface area contributed by atoms with Crippen molar-refractivity contribution in [2.75, 3.05) is 12.8 Å². The van der Waals surface area contributed by atoms with Crippen molar-refractivity contribution in [3.63, 3.8) is 0 Å². The van der Waals surface area contributed by atoms with Crippen LogP contribution in [0.4, 0.5) is 5.82 Å². The fourth-order valence-electron chi connectivity index (χ4n) is 1.42. The molecule has 1 heterocycles. The molecule has 0 unspecified atom stereocenters. The van der Waals surface area contributed by atoms with Crippen LogP contribution in [0.1, 0.15) is 5.56 Å². The summed E-state index contributed by atoms with van der Waals surface area (Å²) in [6.07, 6.45) is 0. The number of nitrogens with zero attached hydrogens (tertiary/aromatic N) is 2. The zero-order chi connectivity index (χ0) is 12.4. The van der Waals surface area contributed by atoms with E-state index in [1.54, 1.807) is 0 Å². The lowest BCUT2D eigenvalue weighted by Crippen LogP contribution is -1.88. The molecule has 2 aromatic rings. The highest BCUT2D eigenvalue weighted by molar-refractivity contribution is 5.68. The van der Waals surface area contributed by atoms with Gasteiger partial charge in [-0.3, -0.25) is 0 Å². The number of rotatable bonds is 2. The van der Waals surface area contributed by atoms with Gasteiger partial charge in [-0.1, -0.05) is 5.16 Å². The largest absolute Gasteiger partial charge is 0.503 e. The number of methoxy groups -OCH3 is 1. The molecule has 0 saturated carbocycles. The number of aromatic hydroxyl groups is 1. The summed E-state index contributed by atoms with van der Waals surface area (Å²) in [4.78, 5) is 0. The zero-order valence-corrected chi connectivity index (χ0v) is 8.97. The van der Waals surface area contributed by atoms with E-state index >= 15 is 0 Å². The van der Waals surface area contributed by atoms with Crippen LogP contribution >= 0.6 is 0 Å². The molecule has 0 saturated heterocycles. The number of hydrogen-bond donors (Lipinski definition) is 2. The Kier molecular flexibility index (Phi) is 2.58. The molecule has 0 amide bonds. The Balaban J connectivity index is 2.60. The second kappa shape index (κ2) is 4.06. The van der Waals surface area contributed by atoms with Crippen LogP contribution in [-0.4, -0.2) is 17.4 Å². The summed E-state index contributed by atoms with van der Waals surface area (Å²) in [5.41, 5.74) is 6.08. The molecule has 2 rings (SSSR count). The van der Waals surface area contributed by atoms with E-state index in [4.69, 9.17) is 20.3 Å². The maximum absolute atomic E-state index is 9.65. The third-order valence-electron chi connectivity index (χ3n) is 2.23. The van der Waals surface area contributed by atoms with Crippen molar-refractivity contribution in [2.45, 2.75) is 0 Å². The molecule has 0 atom stereocenters. The lowest BCUT2D eigenvalue weighted by atomic mass is 10.1. The van der Waals surface area contributed by atoms with Crippen molar-refractivity contribution in [2.24, 2.45) is 0 Å². The monoisotopic (exact) mass is 231 g/mol. The highest BCUT2D eigenvalue weighted by Crippen LogP contribution is 2.35. The molecule has 1 aromatic heterocycles. The normalized spacial score (nSPS) is 9.88. The smallest absolute Gasteiger partial charge is 0.175 e. The number of benzene rings is 1. The zero-order valence-electron chi connectivity index (χ0n) is 8.97. The number of nitrogens with two attached hydrogens (primary N) is 1. The summed E-state index contributed by atoms with van der Waals surface area (Å²) < 4.78 is 9.93. The van der Waals surface area contributed by atoms with Crippen LogP contribution in [0.5, 0.6) is 11.5 Å². The number of anilines is 1. The third-order valence-corrected chi connectivity index (χ3v) is 2.23. The van der Waals surface area contributed by atoms with Gasteiger partial charge in [0.15, 0.2) is 23.1 Å². The standard InChI is InChI=1S/C11H9N3O3/c1-16-9-3-6(2-7(5-12)11(9)15)8-4-10(13)14-17-8/h2-4,15H,1H3,(H2,13,14). The summed E-state index contributed by atoms with van der Waals surface area (Å²) in [5.74, 6) is 0.628. The van der Waals surface area contributed by atoms with Gasteiger partial charge in [0.1, 0.15) is 6.07 Å². The van der Waals surface area contributed by atoms with Crippen molar-refractivity contribution in [3.05, 3.63) is 23.8 Å². The summed E-state index contributed by atoms with van der Waals surface area (Å²) in [6.45, 7) is 0. The van der Waals surface area contributed by atoms with Crippen LogP contribution in [0.3, 0.4) is 0 Å². The van der Waals surface area contributed by atoms with Crippen molar-refractivity contribution < 1.29 is 14.4 Å². The van der Waals surface area contributed by atoms with Crippen LogP contribution in [0.15, 0.2) is 22.7 Å². The highest BCUT2D eigenvalue weighted by Gasteiger charge is 2.13. The van der Waals surface area contributed by atoms with Gasteiger partial charge in [0, 0.05) is 11.6 Å². The van der Waals surface area contributed by atoms with Crippen molar-refractivity contribution in [3.8, 4) is 28.9 Å². The number of phenolic OH excluding ortho intramolecular Hbond substituents is 1. The van der Waals surface area contributed by atoms with E-state index < -0.39 is 0 Å². The summed E-state index contributed by atoms with van der Waals surface area (Å²) in [5, 5.41) is 22.1. The second-order valence-electron chi connectivity index (χ2n) is 3.30. The van der Waals surface area contributed by atoms with Gasteiger partial charge in [-0.05, 0) is 12.1 Å². The molecular formula is C11H9N3O3. The van der Waals surface area contributed by atoms with E-state index in [-0.39, 0.29) is 22.9 Å². The number of ether oxygens (including phenoxy) is 1. The summed E-state index contributed by atoms with van der Waals surface area (Å²) >= 11 is 0. The predicted molar refractivity (Wildman–Crippen MR) is 59.3 cm³/mol. The van der Waals surface area contributed by atoms with Gasteiger partial charge in [-0.2, -0.15) is 5.26 Å². The molecule has 0 aliphatic carbocycles. The Morgan fingerprint density at radius 1 is 1.47 bits per heavy atom. The Labute approximate surface area is 96.8 Å². The van der Waals surface area contributed by atoms with E-state index in [0.717, 1.165) is 0 Å². The van der Waals surface area contributed by atoms with Crippen molar-refractivity contribution in [1.29, 1.82) is 5.26 Å². The Hall–Kier alpha value is -2.68. The molecule has 1 aromatic carbocycles. The third kappa shape index (κ3) is 1.86. The van der Waals surface area contributed by atoms with Crippen molar-refractivity contribution in [1.82, 2.24) is 5.16 Å². The lowest BCUT2D eigenvalue weighted by molar-refractivity contribution is 0.372. The lowest BCUT2D eigenvalue weighted by Gasteiger charge is -2.06. The number of nitrogen functional groups attached to an aromatic ring is 1. The number of hydrogen-bond acceptors (Lipinski definition) is 6. The molecule has 0 radical (unpaired) electrons. The fourth-order valence-corrected chi connectivity index (χ4v) is 1.42. The van der Waals surface area contributed by atoms with Crippen LogP contribution in [-0.2, 0) is 0 Å². The minimum atomic E-state index is -0.203. The van der Waals surface area contributed by atoms with Gasteiger partial charge in [-0.15, -0.1) is 0 Å². The van der Waals surface area contributed by atoms with Crippen LogP contribution in [0.25, 0.3) is 11.3 Å². The predicted octanol–water partition coefficient (Wildman–Crippen LogP) is 1.51. The van der Waals surface area contributed by atoms with E-state index in [0.29, 0.717) is 11.3 Å². The molecule has 0 aliphatic rings. The number of phenols is 1. The first-order valence-corrected chi connectivity index (χ1v) is 4.69. The van der Waals surface area contributed by atoms with Crippen LogP contribution in [0, 0.1) is 11.3 Å². The van der Waals surface area contributed by atoms with Gasteiger partial charge in [0.2, 0.25) is 0 Å². The first-order chi connectivity index (χ1) is 8.15. The quantitative estimate of drug-likeness (QED) is 0.811. The average Bonchev–Trinajstić information content (AvgIpc) is 2.76. The molecular weight excluding hydrogens is 222 g/mol. The maximum Gasteiger partial charge on any atom is 0.175 e. The minimum Gasteiger partial charge on any atom is -0.503 e. The van der Waals surface area contributed by atoms with Gasteiger partial charge >= 0.3 is 0 Å². The first-order valence-electron chi connectivity index (χ1n) is 4.69. The Morgan fingerprint density at radius 3 is 2.76 bits per heavy atom. The van der Waals surface area contributed by atoms with E-state index in [9.17, 15) is 5.11 Å². The Bertz CT molecular complexity index is 598. The average molecular weight is 231 g/mol. The first kappa shape index (κ1) is 10.8. The molecule has 6 heteroatoms. The van der Waals surface area contributed by atoms with Gasteiger partial charge in [0.05, 0.1) is 12.7 Å². The maximum atomic E-state index is 9.65. The van der Waals surface area contributed by atoms with Gasteiger partial charge in [-0.25, -0.2) is 0 Å². The Morgan fingerprint density at radius 2 is 2.24 bits per heavy atom. The fraction of sp³-hybridized carbons (Fsp3) is 0.0909. The molecule has 0 spiro atoms. The SMILES string of the molecule is COc1cc(-c2cc(N)no2)cc(C#N)c1O. The topological polar surface area (TPSA) is 105 Å². The molecule has 0 aliphatic heterocycles. The molecule has 3 N–H and O–H groups in total. The van der Waals surface area contributed by atoms with E-state index in [1.807, 2.05) is 6.07 Å². The molecule has 6 nitrogen and oxygen atoms in total. The van der Waals surface area contributed by atoms with Gasteiger partial charge < -0.3 is 20.1 Å². The second-order valence-corrected chi connectivity index (χ2v) is 3.30. The highest BCUT2D eigenvalue weighted by atomic mass is 16.5. The van der Waals surface area contributed by atoms with E-state index in [2.05, 4.69) is 5.16 Å². The van der Waals surface area contributed by atoms with Crippen molar-refractivity contribution >= 4 is 5.82 Å². The minimum absolute atomic E-state index is 0.0920. The van der Waals surface area contributed by atoms with Crippen LogP contribution < -0.4 is 10.5 Å². The van der Waals surface area contributed by atoms with E-state index in [1.165, 1.54) is 25.3 Å². The van der Waals surface area contributed by atoms with Crippen LogP contribution in [0.2, 0.25) is 0 Å². The molecule has 0 fully saturated rings. The summed E-state index contributed by atoms with van der Waals surface area (Å²) in [6, 6.07) is 6.39.